The van der Waals surface area contributed by atoms with Gasteiger partial charge in [0.15, 0.2) is 0 Å². The third-order valence-corrected chi connectivity index (χ3v) is 4.40. The zero-order valence-corrected chi connectivity index (χ0v) is 12.4. The Morgan fingerprint density at radius 1 is 1.38 bits per heavy atom. The van der Waals surface area contributed by atoms with Crippen molar-refractivity contribution in [2.45, 2.75) is 32.5 Å². The molecule has 1 N–H and O–H groups in total. The molecule has 0 amide bonds. The third kappa shape index (κ3) is 2.15. The molecule has 1 fully saturated rings. The van der Waals surface area contributed by atoms with E-state index in [2.05, 4.69) is 31.9 Å². The van der Waals surface area contributed by atoms with Gasteiger partial charge in [-0.15, -0.1) is 0 Å². The van der Waals surface area contributed by atoms with Crippen LogP contribution in [-0.2, 0) is 0 Å². The van der Waals surface area contributed by atoms with Crippen LogP contribution in [0.4, 0.5) is 0 Å². The average molecular weight is 350 g/mol. The first-order chi connectivity index (χ1) is 7.41. The third-order valence-electron chi connectivity index (χ3n) is 3.29. The van der Waals surface area contributed by atoms with Gasteiger partial charge in [0.05, 0.1) is 10.6 Å². The van der Waals surface area contributed by atoms with Crippen molar-refractivity contribution < 1.29 is 9.84 Å². The lowest BCUT2D eigenvalue weighted by molar-refractivity contribution is -0.134. The number of halogens is 2. The molecule has 0 radical (unpaired) electrons. The monoisotopic (exact) mass is 348 g/mol. The van der Waals surface area contributed by atoms with E-state index in [9.17, 15) is 5.11 Å². The molecule has 0 aliphatic heterocycles. The summed E-state index contributed by atoms with van der Waals surface area (Å²) < 4.78 is 7.84. The fourth-order valence-electron chi connectivity index (χ4n) is 1.79. The Morgan fingerprint density at radius 2 is 2.06 bits per heavy atom. The molecular weight excluding hydrogens is 336 g/mol. The highest BCUT2D eigenvalue weighted by atomic mass is 79.9. The van der Waals surface area contributed by atoms with E-state index in [1.807, 2.05) is 32.0 Å². The highest BCUT2D eigenvalue weighted by Crippen LogP contribution is 2.44. The van der Waals surface area contributed by atoms with Gasteiger partial charge < -0.3 is 9.84 Å². The number of ether oxygens (including phenoxy) is 1. The smallest absolute Gasteiger partial charge is 0.134 e. The van der Waals surface area contributed by atoms with Crippen LogP contribution in [0.1, 0.15) is 20.3 Å². The molecule has 0 saturated heterocycles. The normalized spacial score (nSPS) is 27.3. The molecule has 0 heterocycles. The average Bonchev–Trinajstić information content (AvgIpc) is 2.21. The molecule has 1 aromatic rings. The second-order valence-electron chi connectivity index (χ2n) is 4.75. The van der Waals surface area contributed by atoms with Crippen molar-refractivity contribution in [3.05, 3.63) is 27.1 Å². The van der Waals surface area contributed by atoms with Gasteiger partial charge in [0, 0.05) is 16.3 Å². The zero-order valence-electron chi connectivity index (χ0n) is 9.21. The Balaban J connectivity index is 2.11. The Bertz CT molecular complexity index is 404. The van der Waals surface area contributed by atoms with Crippen LogP contribution < -0.4 is 4.74 Å². The summed E-state index contributed by atoms with van der Waals surface area (Å²) in [5, 5.41) is 9.64. The van der Waals surface area contributed by atoms with Crippen molar-refractivity contribution in [1.29, 1.82) is 0 Å². The SMILES string of the molecule is CC1(C)C(O)CC1Oc1ccc(Br)cc1Br. The van der Waals surface area contributed by atoms with E-state index in [1.165, 1.54) is 0 Å². The van der Waals surface area contributed by atoms with Gasteiger partial charge >= 0.3 is 0 Å². The van der Waals surface area contributed by atoms with Crippen LogP contribution in [0, 0.1) is 5.41 Å². The number of hydrogen-bond acceptors (Lipinski definition) is 2. The second kappa shape index (κ2) is 4.31. The van der Waals surface area contributed by atoms with Gasteiger partial charge in [-0.25, -0.2) is 0 Å². The molecule has 2 unspecified atom stereocenters. The number of aliphatic hydroxyl groups is 1. The van der Waals surface area contributed by atoms with Crippen LogP contribution in [0.5, 0.6) is 5.75 Å². The summed E-state index contributed by atoms with van der Waals surface area (Å²) in [7, 11) is 0. The molecule has 2 nitrogen and oxygen atoms in total. The summed E-state index contributed by atoms with van der Waals surface area (Å²) in [4.78, 5) is 0. The molecule has 4 heteroatoms. The maximum atomic E-state index is 9.64. The molecule has 1 aliphatic rings. The Kier molecular flexibility index (Phi) is 3.34. The van der Waals surface area contributed by atoms with Gasteiger partial charge in [0.2, 0.25) is 0 Å². The largest absolute Gasteiger partial charge is 0.488 e. The van der Waals surface area contributed by atoms with E-state index in [-0.39, 0.29) is 17.6 Å². The van der Waals surface area contributed by atoms with Gasteiger partial charge in [-0.1, -0.05) is 29.8 Å². The number of hydrogen-bond donors (Lipinski definition) is 1. The van der Waals surface area contributed by atoms with E-state index in [0.29, 0.717) is 6.42 Å². The fraction of sp³-hybridized carbons (Fsp3) is 0.500. The van der Waals surface area contributed by atoms with Crippen LogP contribution in [0.3, 0.4) is 0 Å². The summed E-state index contributed by atoms with van der Waals surface area (Å²) in [6.07, 6.45) is 0.530. The molecule has 1 saturated carbocycles. The highest BCUT2D eigenvalue weighted by Gasteiger charge is 2.49. The lowest BCUT2D eigenvalue weighted by Crippen LogP contribution is -2.56. The molecule has 2 rings (SSSR count). The molecule has 0 bridgehead atoms. The predicted octanol–water partition coefficient (Wildman–Crippen LogP) is 3.75. The summed E-state index contributed by atoms with van der Waals surface area (Å²) in [5.41, 5.74) is -0.160. The molecular formula is C12H14Br2O2. The first-order valence-corrected chi connectivity index (χ1v) is 6.79. The molecule has 0 spiro atoms. The number of benzene rings is 1. The van der Waals surface area contributed by atoms with Gasteiger partial charge in [0.1, 0.15) is 11.9 Å². The van der Waals surface area contributed by atoms with Crippen LogP contribution in [0.25, 0.3) is 0 Å². The van der Waals surface area contributed by atoms with Crippen molar-refractivity contribution in [3.63, 3.8) is 0 Å². The maximum absolute atomic E-state index is 9.64. The molecule has 88 valence electrons. The van der Waals surface area contributed by atoms with Crippen molar-refractivity contribution >= 4 is 31.9 Å². The van der Waals surface area contributed by atoms with Crippen LogP contribution in [0.15, 0.2) is 27.1 Å². The van der Waals surface area contributed by atoms with Crippen molar-refractivity contribution in [1.82, 2.24) is 0 Å². The summed E-state index contributed by atoms with van der Waals surface area (Å²) in [5.74, 6) is 0.827. The van der Waals surface area contributed by atoms with Gasteiger partial charge in [-0.2, -0.15) is 0 Å². The Hall–Kier alpha value is -0.0600. The summed E-state index contributed by atoms with van der Waals surface area (Å²) in [6, 6.07) is 5.83. The topological polar surface area (TPSA) is 29.5 Å². The first kappa shape index (κ1) is 12.4. The van der Waals surface area contributed by atoms with E-state index in [4.69, 9.17) is 4.74 Å². The minimum Gasteiger partial charge on any atom is -0.488 e. The van der Waals surface area contributed by atoms with Crippen LogP contribution in [0.2, 0.25) is 0 Å². The van der Waals surface area contributed by atoms with E-state index in [0.717, 1.165) is 14.7 Å². The highest BCUT2D eigenvalue weighted by molar-refractivity contribution is 9.11. The molecule has 1 aromatic carbocycles. The van der Waals surface area contributed by atoms with Gasteiger partial charge in [-0.3, -0.25) is 0 Å². The standard InChI is InChI=1S/C12H14Br2O2/c1-12(2)10(15)6-11(12)16-9-4-3-7(13)5-8(9)14/h3-5,10-11,15H,6H2,1-2H3. The summed E-state index contributed by atoms with van der Waals surface area (Å²) >= 11 is 6.86. The number of rotatable bonds is 2. The lowest BCUT2D eigenvalue weighted by atomic mass is 9.66. The molecule has 1 aliphatic carbocycles. The molecule has 0 aromatic heterocycles. The maximum Gasteiger partial charge on any atom is 0.134 e. The minimum absolute atomic E-state index is 0.0833. The number of aliphatic hydroxyl groups excluding tert-OH is 1. The van der Waals surface area contributed by atoms with E-state index in [1.54, 1.807) is 0 Å². The van der Waals surface area contributed by atoms with Crippen molar-refractivity contribution in [3.8, 4) is 5.75 Å². The Morgan fingerprint density at radius 3 is 2.56 bits per heavy atom. The second-order valence-corrected chi connectivity index (χ2v) is 6.52. The predicted molar refractivity (Wildman–Crippen MR) is 70.7 cm³/mol. The van der Waals surface area contributed by atoms with Gasteiger partial charge in [-0.05, 0) is 34.1 Å². The van der Waals surface area contributed by atoms with Crippen molar-refractivity contribution in [2.24, 2.45) is 5.41 Å². The van der Waals surface area contributed by atoms with Crippen molar-refractivity contribution in [2.75, 3.05) is 0 Å². The van der Waals surface area contributed by atoms with Crippen LogP contribution >= 0.6 is 31.9 Å². The first-order valence-electron chi connectivity index (χ1n) is 5.21. The lowest BCUT2D eigenvalue weighted by Gasteiger charge is -2.48. The Labute approximate surface area is 112 Å². The van der Waals surface area contributed by atoms with Gasteiger partial charge in [0.25, 0.3) is 0 Å². The van der Waals surface area contributed by atoms with E-state index >= 15 is 0 Å². The molecule has 16 heavy (non-hydrogen) atoms. The zero-order chi connectivity index (χ0) is 11.9. The summed E-state index contributed by atoms with van der Waals surface area (Å²) in [6.45, 7) is 4.05. The minimum atomic E-state index is -0.258. The molecule has 2 atom stereocenters. The van der Waals surface area contributed by atoms with Crippen LogP contribution in [-0.4, -0.2) is 17.3 Å². The fourth-order valence-corrected chi connectivity index (χ4v) is 2.93. The van der Waals surface area contributed by atoms with E-state index < -0.39 is 0 Å². The quantitative estimate of drug-likeness (QED) is 0.881.